The number of nitrogens with zero attached hydrogens (tertiary/aromatic N) is 1. The third kappa shape index (κ3) is 1.36. The standard InChI is InChI=1S/C11H17NO2/c1-10(2,3)8-5-14-12-9(8)11(4)6-13-7-11/h5H,6-7H2,1-4H3. The Morgan fingerprint density at radius 2 is 2.00 bits per heavy atom. The Morgan fingerprint density at radius 1 is 1.36 bits per heavy atom. The lowest BCUT2D eigenvalue weighted by molar-refractivity contribution is -0.0539. The van der Waals surface area contributed by atoms with E-state index in [1.165, 1.54) is 5.56 Å². The van der Waals surface area contributed by atoms with Crippen molar-refractivity contribution in [2.45, 2.75) is 38.5 Å². The molecule has 0 aromatic carbocycles. The number of aromatic nitrogens is 1. The minimum Gasteiger partial charge on any atom is -0.379 e. The SMILES string of the molecule is CC(C)(C)c1conc1C1(C)COC1. The highest BCUT2D eigenvalue weighted by molar-refractivity contribution is 5.31. The van der Waals surface area contributed by atoms with Crippen molar-refractivity contribution in [2.75, 3.05) is 13.2 Å². The van der Waals surface area contributed by atoms with E-state index in [0.717, 1.165) is 18.9 Å². The molecule has 0 saturated carbocycles. The van der Waals surface area contributed by atoms with Gasteiger partial charge in [-0.3, -0.25) is 0 Å². The highest BCUT2D eigenvalue weighted by Crippen LogP contribution is 2.37. The van der Waals surface area contributed by atoms with Gasteiger partial charge in [0.1, 0.15) is 6.26 Å². The topological polar surface area (TPSA) is 35.3 Å². The molecule has 1 aromatic rings. The van der Waals surface area contributed by atoms with Crippen LogP contribution in [0.5, 0.6) is 0 Å². The van der Waals surface area contributed by atoms with E-state index in [1.807, 2.05) is 0 Å². The van der Waals surface area contributed by atoms with Crippen LogP contribution in [0.15, 0.2) is 10.8 Å². The molecule has 3 heteroatoms. The van der Waals surface area contributed by atoms with E-state index in [9.17, 15) is 0 Å². The lowest BCUT2D eigenvalue weighted by Gasteiger charge is -2.38. The molecule has 1 aliphatic heterocycles. The van der Waals surface area contributed by atoms with Crippen LogP contribution in [-0.4, -0.2) is 18.4 Å². The molecule has 3 nitrogen and oxygen atoms in total. The zero-order chi connectivity index (χ0) is 10.4. The summed E-state index contributed by atoms with van der Waals surface area (Å²) in [7, 11) is 0. The Kier molecular flexibility index (Phi) is 1.96. The summed E-state index contributed by atoms with van der Waals surface area (Å²) in [5.41, 5.74) is 2.42. The first-order valence-electron chi connectivity index (χ1n) is 4.97. The van der Waals surface area contributed by atoms with Gasteiger partial charge in [0.05, 0.1) is 24.3 Å². The van der Waals surface area contributed by atoms with Crippen LogP contribution in [0.25, 0.3) is 0 Å². The van der Waals surface area contributed by atoms with Gasteiger partial charge in [-0.15, -0.1) is 0 Å². The number of hydrogen-bond donors (Lipinski definition) is 0. The number of ether oxygens (including phenoxy) is 1. The maximum Gasteiger partial charge on any atom is 0.127 e. The van der Waals surface area contributed by atoms with Crippen molar-refractivity contribution >= 4 is 0 Å². The number of rotatable bonds is 1. The average molecular weight is 195 g/mol. The minimum absolute atomic E-state index is 0.0651. The molecule has 78 valence electrons. The maximum atomic E-state index is 5.25. The Labute approximate surface area is 84.4 Å². The zero-order valence-electron chi connectivity index (χ0n) is 9.26. The molecular formula is C11H17NO2. The average Bonchev–Trinajstić information content (AvgIpc) is 2.46. The van der Waals surface area contributed by atoms with E-state index in [2.05, 4.69) is 32.9 Å². The molecule has 2 heterocycles. The molecule has 1 saturated heterocycles. The summed E-state index contributed by atoms with van der Waals surface area (Å²) < 4.78 is 10.3. The van der Waals surface area contributed by atoms with Crippen LogP contribution in [-0.2, 0) is 15.6 Å². The van der Waals surface area contributed by atoms with Gasteiger partial charge < -0.3 is 9.26 Å². The van der Waals surface area contributed by atoms with Gasteiger partial charge in [-0.05, 0) is 12.3 Å². The van der Waals surface area contributed by atoms with Gasteiger partial charge in [0.15, 0.2) is 0 Å². The summed E-state index contributed by atoms with van der Waals surface area (Å²) in [6.07, 6.45) is 1.76. The van der Waals surface area contributed by atoms with E-state index in [1.54, 1.807) is 6.26 Å². The Hall–Kier alpha value is -0.830. The van der Waals surface area contributed by atoms with E-state index in [4.69, 9.17) is 9.26 Å². The third-order valence-corrected chi connectivity index (χ3v) is 2.79. The second-order valence-electron chi connectivity index (χ2n) is 5.38. The molecular weight excluding hydrogens is 178 g/mol. The molecule has 1 aliphatic rings. The monoisotopic (exact) mass is 195 g/mol. The molecule has 0 bridgehead atoms. The van der Waals surface area contributed by atoms with Crippen LogP contribution >= 0.6 is 0 Å². The fourth-order valence-corrected chi connectivity index (χ4v) is 1.75. The zero-order valence-corrected chi connectivity index (χ0v) is 9.26. The Balaban J connectivity index is 2.39. The largest absolute Gasteiger partial charge is 0.379 e. The predicted molar refractivity (Wildman–Crippen MR) is 53.4 cm³/mol. The van der Waals surface area contributed by atoms with Crippen LogP contribution in [0.2, 0.25) is 0 Å². The first-order chi connectivity index (χ1) is 6.43. The Bertz CT molecular complexity index is 331. The molecule has 14 heavy (non-hydrogen) atoms. The van der Waals surface area contributed by atoms with Crippen molar-refractivity contribution in [3.63, 3.8) is 0 Å². The predicted octanol–water partition coefficient (Wildman–Crippen LogP) is 2.26. The van der Waals surface area contributed by atoms with E-state index >= 15 is 0 Å². The van der Waals surface area contributed by atoms with Crippen molar-refractivity contribution < 1.29 is 9.26 Å². The first kappa shape index (κ1) is 9.71. The normalized spacial score (nSPS) is 20.6. The summed E-state index contributed by atoms with van der Waals surface area (Å²) in [6, 6.07) is 0. The van der Waals surface area contributed by atoms with Gasteiger partial charge in [0.25, 0.3) is 0 Å². The molecule has 0 aliphatic carbocycles. The molecule has 2 rings (SSSR count). The van der Waals surface area contributed by atoms with E-state index < -0.39 is 0 Å². The van der Waals surface area contributed by atoms with Gasteiger partial charge in [0, 0.05) is 5.56 Å². The lowest BCUT2D eigenvalue weighted by Crippen LogP contribution is -2.45. The molecule has 0 spiro atoms. The molecule has 0 amide bonds. The fraction of sp³-hybridized carbons (Fsp3) is 0.727. The van der Waals surface area contributed by atoms with Crippen LogP contribution in [0.4, 0.5) is 0 Å². The van der Waals surface area contributed by atoms with Crippen LogP contribution in [0.1, 0.15) is 39.0 Å². The van der Waals surface area contributed by atoms with Crippen LogP contribution in [0.3, 0.4) is 0 Å². The summed E-state index contributed by atoms with van der Waals surface area (Å²) in [5.74, 6) is 0. The molecule has 0 unspecified atom stereocenters. The van der Waals surface area contributed by atoms with Crippen LogP contribution < -0.4 is 0 Å². The fourth-order valence-electron chi connectivity index (χ4n) is 1.75. The Morgan fingerprint density at radius 3 is 2.43 bits per heavy atom. The molecule has 0 N–H and O–H groups in total. The quantitative estimate of drug-likeness (QED) is 0.689. The third-order valence-electron chi connectivity index (χ3n) is 2.79. The van der Waals surface area contributed by atoms with Crippen molar-refractivity contribution in [1.82, 2.24) is 5.16 Å². The first-order valence-corrected chi connectivity index (χ1v) is 4.97. The summed E-state index contributed by atoms with van der Waals surface area (Å²) in [6.45, 7) is 10.2. The van der Waals surface area contributed by atoms with Gasteiger partial charge in [0.2, 0.25) is 0 Å². The highest BCUT2D eigenvalue weighted by Gasteiger charge is 2.41. The van der Waals surface area contributed by atoms with E-state index in [-0.39, 0.29) is 10.8 Å². The summed E-state index contributed by atoms with van der Waals surface area (Å²) in [4.78, 5) is 0. The second-order valence-corrected chi connectivity index (χ2v) is 5.38. The van der Waals surface area contributed by atoms with Gasteiger partial charge in [-0.1, -0.05) is 25.9 Å². The van der Waals surface area contributed by atoms with Crippen LogP contribution in [0, 0.1) is 0 Å². The van der Waals surface area contributed by atoms with Gasteiger partial charge >= 0.3 is 0 Å². The van der Waals surface area contributed by atoms with Crippen molar-refractivity contribution in [3.05, 3.63) is 17.5 Å². The molecule has 0 radical (unpaired) electrons. The maximum absolute atomic E-state index is 5.25. The molecule has 0 atom stereocenters. The smallest absolute Gasteiger partial charge is 0.127 e. The molecule has 1 fully saturated rings. The van der Waals surface area contributed by atoms with Gasteiger partial charge in [-0.2, -0.15) is 0 Å². The summed E-state index contributed by atoms with van der Waals surface area (Å²) in [5, 5.41) is 4.12. The minimum atomic E-state index is 0.0651. The van der Waals surface area contributed by atoms with Crippen molar-refractivity contribution in [2.24, 2.45) is 0 Å². The highest BCUT2D eigenvalue weighted by atomic mass is 16.5. The van der Waals surface area contributed by atoms with E-state index in [0.29, 0.717) is 0 Å². The van der Waals surface area contributed by atoms with Crippen molar-refractivity contribution in [1.29, 1.82) is 0 Å². The molecule has 1 aromatic heterocycles. The second kappa shape index (κ2) is 2.83. The number of hydrogen-bond acceptors (Lipinski definition) is 3. The van der Waals surface area contributed by atoms with Gasteiger partial charge in [-0.25, -0.2) is 0 Å². The summed E-state index contributed by atoms with van der Waals surface area (Å²) >= 11 is 0. The van der Waals surface area contributed by atoms with Crippen molar-refractivity contribution in [3.8, 4) is 0 Å². The lowest BCUT2D eigenvalue weighted by atomic mass is 9.76.